The zero-order valence-electron chi connectivity index (χ0n) is 12.4. The number of guanidine groups is 1. The number of nitrogens with zero attached hydrogens (tertiary/aromatic N) is 3. The number of anilines is 1. The highest BCUT2D eigenvalue weighted by molar-refractivity contribution is 14.0. The Balaban J connectivity index is 0.00000264. The summed E-state index contributed by atoms with van der Waals surface area (Å²) in [4.78, 5) is 11.4. The zero-order chi connectivity index (χ0) is 16.0. The second kappa shape index (κ2) is 9.08. The highest BCUT2D eigenvalue weighted by Gasteiger charge is 2.32. The number of nitrogens with two attached hydrogens (primary N) is 1. The van der Waals surface area contributed by atoms with Crippen molar-refractivity contribution in [3.63, 3.8) is 0 Å². The number of rotatable bonds is 6. The number of alkyl halides is 3. The van der Waals surface area contributed by atoms with E-state index in [4.69, 9.17) is 5.73 Å². The van der Waals surface area contributed by atoms with Crippen molar-refractivity contribution in [1.29, 1.82) is 0 Å². The van der Waals surface area contributed by atoms with Crippen molar-refractivity contribution in [2.75, 3.05) is 25.0 Å². The lowest BCUT2D eigenvalue weighted by atomic mass is 9.86. The standard InChI is InChI=1S/C13H19F3N6.HI/c14-13(15,16)10-4-5-19-12(22-10)20-7-6-18-11(17)21-8-9-2-1-3-9;/h4-5,9H,1-3,6-8H2,(H3,17,18,21)(H,19,20,22);1H. The van der Waals surface area contributed by atoms with E-state index in [2.05, 4.69) is 25.6 Å². The van der Waals surface area contributed by atoms with Gasteiger partial charge in [0, 0.05) is 25.8 Å². The molecule has 1 aromatic rings. The fourth-order valence-corrected chi connectivity index (χ4v) is 1.93. The maximum absolute atomic E-state index is 12.5. The SMILES string of the molecule is I.NC(=NCC1CCC1)NCCNc1nccc(C(F)(F)F)n1. The zero-order valence-corrected chi connectivity index (χ0v) is 14.8. The molecule has 0 atom stereocenters. The Morgan fingerprint density at radius 2 is 2.09 bits per heavy atom. The van der Waals surface area contributed by atoms with Gasteiger partial charge in [0.15, 0.2) is 5.96 Å². The van der Waals surface area contributed by atoms with Gasteiger partial charge in [0.1, 0.15) is 5.69 Å². The van der Waals surface area contributed by atoms with Crippen LogP contribution in [0.4, 0.5) is 19.1 Å². The summed E-state index contributed by atoms with van der Waals surface area (Å²) in [5, 5.41) is 5.59. The third kappa shape index (κ3) is 6.75. The molecule has 4 N–H and O–H groups in total. The first kappa shape index (κ1) is 19.7. The first-order chi connectivity index (χ1) is 10.4. The van der Waals surface area contributed by atoms with E-state index in [1.54, 1.807) is 0 Å². The van der Waals surface area contributed by atoms with Crippen molar-refractivity contribution in [3.8, 4) is 0 Å². The van der Waals surface area contributed by atoms with Crippen LogP contribution in [0, 0.1) is 5.92 Å². The van der Waals surface area contributed by atoms with Crippen LogP contribution in [0.15, 0.2) is 17.3 Å². The third-order valence-electron chi connectivity index (χ3n) is 3.40. The Bertz CT molecular complexity index is 519. The van der Waals surface area contributed by atoms with Crippen molar-refractivity contribution < 1.29 is 13.2 Å². The summed E-state index contributed by atoms with van der Waals surface area (Å²) in [7, 11) is 0. The molecule has 0 aromatic carbocycles. The Hall–Kier alpha value is -1.33. The lowest BCUT2D eigenvalue weighted by Gasteiger charge is -2.23. The van der Waals surface area contributed by atoms with Gasteiger partial charge in [-0.3, -0.25) is 4.99 Å². The Labute approximate surface area is 149 Å². The van der Waals surface area contributed by atoms with Crippen molar-refractivity contribution in [3.05, 3.63) is 18.0 Å². The first-order valence-corrected chi connectivity index (χ1v) is 7.13. The predicted octanol–water partition coefficient (Wildman–Crippen LogP) is 2.23. The van der Waals surface area contributed by atoms with E-state index in [9.17, 15) is 13.2 Å². The maximum atomic E-state index is 12.5. The molecule has 0 saturated heterocycles. The highest BCUT2D eigenvalue weighted by Crippen LogP contribution is 2.27. The minimum atomic E-state index is -4.48. The molecule has 0 aliphatic heterocycles. The minimum absolute atomic E-state index is 0. The smallest absolute Gasteiger partial charge is 0.370 e. The molecule has 130 valence electrons. The van der Waals surface area contributed by atoms with E-state index in [1.165, 1.54) is 19.3 Å². The molecule has 10 heteroatoms. The van der Waals surface area contributed by atoms with Gasteiger partial charge in [-0.2, -0.15) is 13.2 Å². The van der Waals surface area contributed by atoms with Gasteiger partial charge in [-0.05, 0) is 24.8 Å². The van der Waals surface area contributed by atoms with E-state index in [0.717, 1.165) is 18.8 Å². The first-order valence-electron chi connectivity index (χ1n) is 7.13. The van der Waals surface area contributed by atoms with Crippen LogP contribution < -0.4 is 16.4 Å². The third-order valence-corrected chi connectivity index (χ3v) is 3.40. The lowest BCUT2D eigenvalue weighted by Crippen LogP contribution is -2.36. The number of aromatic nitrogens is 2. The molecule has 6 nitrogen and oxygen atoms in total. The molecule has 1 aliphatic rings. The summed E-state index contributed by atoms with van der Waals surface area (Å²) in [5.41, 5.74) is 4.72. The molecular weight excluding hydrogens is 424 g/mol. The Kier molecular flexibility index (Phi) is 7.79. The van der Waals surface area contributed by atoms with Crippen LogP contribution in [0.2, 0.25) is 0 Å². The predicted molar refractivity (Wildman–Crippen MR) is 92.8 cm³/mol. The van der Waals surface area contributed by atoms with Crippen molar-refractivity contribution in [2.45, 2.75) is 25.4 Å². The Morgan fingerprint density at radius 3 is 2.70 bits per heavy atom. The van der Waals surface area contributed by atoms with Crippen LogP contribution in [0.25, 0.3) is 0 Å². The second-order valence-electron chi connectivity index (χ2n) is 5.14. The molecule has 1 saturated carbocycles. The van der Waals surface area contributed by atoms with Crippen LogP contribution in [0.1, 0.15) is 25.0 Å². The number of aliphatic imine (C=N–C) groups is 1. The van der Waals surface area contributed by atoms with Crippen LogP contribution in [0.3, 0.4) is 0 Å². The minimum Gasteiger partial charge on any atom is -0.370 e. The van der Waals surface area contributed by atoms with E-state index < -0.39 is 11.9 Å². The van der Waals surface area contributed by atoms with Crippen molar-refractivity contribution >= 4 is 35.9 Å². The number of halogens is 4. The fourth-order valence-electron chi connectivity index (χ4n) is 1.93. The van der Waals surface area contributed by atoms with Crippen molar-refractivity contribution in [1.82, 2.24) is 15.3 Å². The number of hydrogen-bond acceptors (Lipinski definition) is 4. The topological polar surface area (TPSA) is 88.2 Å². The van der Waals surface area contributed by atoms with E-state index in [-0.39, 0.29) is 29.9 Å². The molecule has 23 heavy (non-hydrogen) atoms. The summed E-state index contributed by atoms with van der Waals surface area (Å²) in [6, 6.07) is 0.828. The maximum Gasteiger partial charge on any atom is 0.433 e. The van der Waals surface area contributed by atoms with Crippen LogP contribution in [0.5, 0.6) is 0 Å². The summed E-state index contributed by atoms with van der Waals surface area (Å²) >= 11 is 0. The monoisotopic (exact) mass is 444 g/mol. The van der Waals surface area contributed by atoms with Gasteiger partial charge >= 0.3 is 6.18 Å². The molecule has 1 heterocycles. The molecule has 0 amide bonds. The van der Waals surface area contributed by atoms with Gasteiger partial charge in [-0.1, -0.05) is 6.42 Å². The summed E-state index contributed by atoms with van der Waals surface area (Å²) in [6.45, 7) is 1.48. The normalized spacial score (nSPS) is 15.5. The van der Waals surface area contributed by atoms with Gasteiger partial charge in [0.05, 0.1) is 0 Å². The molecule has 1 aliphatic carbocycles. The number of hydrogen-bond donors (Lipinski definition) is 3. The quantitative estimate of drug-likeness (QED) is 0.271. The molecule has 2 rings (SSSR count). The lowest BCUT2D eigenvalue weighted by molar-refractivity contribution is -0.141. The summed E-state index contributed by atoms with van der Waals surface area (Å²) in [5.74, 6) is 0.914. The molecule has 0 unspecified atom stereocenters. The van der Waals surface area contributed by atoms with Crippen molar-refractivity contribution in [2.24, 2.45) is 16.6 Å². The van der Waals surface area contributed by atoms with Gasteiger partial charge in [0.2, 0.25) is 5.95 Å². The molecular formula is C13H20F3IN6. The molecule has 1 aromatic heterocycles. The molecule has 0 radical (unpaired) electrons. The fraction of sp³-hybridized carbons (Fsp3) is 0.615. The van der Waals surface area contributed by atoms with Gasteiger partial charge in [-0.15, -0.1) is 24.0 Å². The second-order valence-corrected chi connectivity index (χ2v) is 5.14. The van der Waals surface area contributed by atoms with Crippen LogP contribution in [-0.2, 0) is 6.18 Å². The molecule has 1 fully saturated rings. The average molecular weight is 444 g/mol. The number of nitrogens with one attached hydrogen (secondary N) is 2. The van der Waals surface area contributed by atoms with E-state index >= 15 is 0 Å². The molecule has 0 bridgehead atoms. The van der Waals surface area contributed by atoms with E-state index in [1.807, 2.05) is 0 Å². The molecule has 0 spiro atoms. The van der Waals surface area contributed by atoms with Crippen LogP contribution in [-0.4, -0.2) is 35.6 Å². The van der Waals surface area contributed by atoms with Gasteiger partial charge in [-0.25, -0.2) is 9.97 Å². The average Bonchev–Trinajstić information content (AvgIpc) is 2.41. The van der Waals surface area contributed by atoms with E-state index in [0.29, 0.717) is 25.0 Å². The highest BCUT2D eigenvalue weighted by atomic mass is 127. The largest absolute Gasteiger partial charge is 0.433 e. The summed E-state index contributed by atoms with van der Waals surface area (Å²) in [6.07, 6.45) is 0.251. The Morgan fingerprint density at radius 1 is 1.35 bits per heavy atom. The van der Waals surface area contributed by atoms with Gasteiger partial charge < -0.3 is 16.4 Å². The van der Waals surface area contributed by atoms with Crippen LogP contribution >= 0.6 is 24.0 Å². The van der Waals surface area contributed by atoms with Gasteiger partial charge in [0.25, 0.3) is 0 Å². The summed E-state index contributed by atoms with van der Waals surface area (Å²) < 4.78 is 37.5.